The highest BCUT2D eigenvalue weighted by molar-refractivity contribution is 5.99. The molecular weight excluding hydrogens is 351 g/mol. The molecule has 6 nitrogen and oxygen atoms in total. The summed E-state index contributed by atoms with van der Waals surface area (Å²) < 4.78 is 19.2. The third-order valence-electron chi connectivity index (χ3n) is 4.53. The number of carbonyl (C=O) groups is 3. The lowest BCUT2D eigenvalue weighted by molar-refractivity contribution is -0.125. The van der Waals surface area contributed by atoms with E-state index in [1.54, 1.807) is 41.5 Å². The molecule has 1 N–H and O–H groups in total. The molecule has 0 bridgehead atoms. The Kier molecular flexibility index (Phi) is 5.92. The number of benzene rings is 1. The molecule has 0 aromatic heterocycles. The Bertz CT molecular complexity index is 747. The summed E-state index contributed by atoms with van der Waals surface area (Å²) in [6, 6.07) is 1.50. The minimum absolute atomic E-state index is 0.135. The van der Waals surface area contributed by atoms with Crippen LogP contribution in [-0.4, -0.2) is 46.9 Å². The number of carbonyl (C=O) groups excluding carboxylic acids is 3. The standard InChI is InChI=1S/C20H27FN2O4/c1-11-9-14(10-12(2)16(11)21)18(25)22-17-13(3)23(8-7-15(17)24)19(26)27-20(4,5)6/h9-10,13,17H,7-8H2,1-6H3,(H,22,25)/t13-,17?/m0/s1. The summed E-state index contributed by atoms with van der Waals surface area (Å²) in [6.07, 6.45) is -0.383. The smallest absolute Gasteiger partial charge is 0.410 e. The molecule has 0 saturated carbocycles. The Balaban J connectivity index is 2.17. The summed E-state index contributed by atoms with van der Waals surface area (Å²) in [6.45, 7) is 10.4. The summed E-state index contributed by atoms with van der Waals surface area (Å²) in [5, 5.41) is 2.70. The number of nitrogens with one attached hydrogen (secondary N) is 1. The number of ketones is 1. The average Bonchev–Trinajstić information content (AvgIpc) is 2.54. The first-order valence-electron chi connectivity index (χ1n) is 9.00. The molecule has 0 spiro atoms. The van der Waals surface area contributed by atoms with E-state index in [4.69, 9.17) is 4.74 Å². The topological polar surface area (TPSA) is 75.7 Å². The van der Waals surface area contributed by atoms with E-state index in [-0.39, 0.29) is 30.1 Å². The van der Waals surface area contributed by atoms with E-state index in [1.165, 1.54) is 17.0 Å². The number of hydrogen-bond donors (Lipinski definition) is 1. The van der Waals surface area contributed by atoms with Gasteiger partial charge in [0.15, 0.2) is 5.78 Å². The van der Waals surface area contributed by atoms with Gasteiger partial charge in [-0.05, 0) is 64.8 Å². The lowest BCUT2D eigenvalue weighted by Gasteiger charge is -2.39. The van der Waals surface area contributed by atoms with Crippen molar-refractivity contribution in [2.45, 2.75) is 65.6 Å². The summed E-state index contributed by atoms with van der Waals surface area (Å²) in [5.41, 5.74) is 0.345. The molecule has 2 rings (SSSR count). The SMILES string of the molecule is Cc1cc(C(=O)NC2C(=O)CCN(C(=O)OC(C)(C)C)[C@H]2C)cc(C)c1F. The molecule has 1 aliphatic heterocycles. The molecule has 1 heterocycles. The van der Waals surface area contributed by atoms with E-state index >= 15 is 0 Å². The predicted molar refractivity (Wildman–Crippen MR) is 99.2 cm³/mol. The van der Waals surface area contributed by atoms with E-state index < -0.39 is 29.7 Å². The van der Waals surface area contributed by atoms with Crippen LogP contribution in [0.15, 0.2) is 12.1 Å². The van der Waals surface area contributed by atoms with Crippen LogP contribution >= 0.6 is 0 Å². The van der Waals surface area contributed by atoms with Gasteiger partial charge in [-0.15, -0.1) is 0 Å². The van der Waals surface area contributed by atoms with Crippen LogP contribution < -0.4 is 5.32 Å². The number of ether oxygens (including phenoxy) is 1. The molecule has 148 valence electrons. The minimum atomic E-state index is -0.843. The van der Waals surface area contributed by atoms with Gasteiger partial charge in [0.1, 0.15) is 17.5 Å². The van der Waals surface area contributed by atoms with Crippen molar-refractivity contribution in [3.63, 3.8) is 0 Å². The van der Waals surface area contributed by atoms with E-state index in [0.717, 1.165) is 0 Å². The van der Waals surface area contributed by atoms with Gasteiger partial charge in [0.2, 0.25) is 0 Å². The van der Waals surface area contributed by atoms with E-state index in [1.807, 2.05) is 0 Å². The second-order valence-electron chi connectivity index (χ2n) is 8.01. The second kappa shape index (κ2) is 7.66. The fourth-order valence-electron chi connectivity index (χ4n) is 3.12. The first-order chi connectivity index (χ1) is 12.4. The normalized spacial score (nSPS) is 20.4. The molecule has 0 aliphatic carbocycles. The third-order valence-corrected chi connectivity index (χ3v) is 4.53. The first-order valence-corrected chi connectivity index (χ1v) is 9.00. The second-order valence-corrected chi connectivity index (χ2v) is 8.01. The number of halogens is 1. The quantitative estimate of drug-likeness (QED) is 0.858. The van der Waals surface area contributed by atoms with Crippen molar-refractivity contribution in [2.75, 3.05) is 6.54 Å². The fourth-order valence-corrected chi connectivity index (χ4v) is 3.12. The Morgan fingerprint density at radius 1 is 1.22 bits per heavy atom. The summed E-state index contributed by atoms with van der Waals surface area (Å²) in [5.74, 6) is -0.978. The fraction of sp³-hybridized carbons (Fsp3) is 0.550. The summed E-state index contributed by atoms with van der Waals surface area (Å²) in [7, 11) is 0. The number of piperidine rings is 1. The van der Waals surface area contributed by atoms with Crippen LogP contribution in [0, 0.1) is 19.7 Å². The number of hydrogen-bond acceptors (Lipinski definition) is 4. The number of rotatable bonds is 2. The molecule has 1 saturated heterocycles. The molecule has 1 fully saturated rings. The van der Waals surface area contributed by atoms with Gasteiger partial charge in [0.25, 0.3) is 5.91 Å². The Morgan fingerprint density at radius 3 is 2.30 bits per heavy atom. The monoisotopic (exact) mass is 378 g/mol. The van der Waals surface area contributed by atoms with E-state index in [9.17, 15) is 18.8 Å². The molecule has 1 aliphatic rings. The Morgan fingerprint density at radius 2 is 1.78 bits per heavy atom. The highest BCUT2D eigenvalue weighted by Gasteiger charge is 2.39. The maximum absolute atomic E-state index is 13.8. The van der Waals surface area contributed by atoms with Crippen molar-refractivity contribution in [2.24, 2.45) is 0 Å². The number of amides is 2. The summed E-state index contributed by atoms with van der Waals surface area (Å²) in [4.78, 5) is 38.8. The van der Waals surface area contributed by atoms with Crippen molar-refractivity contribution in [3.8, 4) is 0 Å². The van der Waals surface area contributed by atoms with Crippen molar-refractivity contribution in [1.29, 1.82) is 0 Å². The molecule has 1 unspecified atom stereocenters. The zero-order valence-corrected chi connectivity index (χ0v) is 16.7. The average molecular weight is 378 g/mol. The van der Waals surface area contributed by atoms with Crippen LogP contribution in [0.25, 0.3) is 0 Å². The maximum atomic E-state index is 13.8. The van der Waals surface area contributed by atoms with Crippen LogP contribution in [0.2, 0.25) is 0 Å². The van der Waals surface area contributed by atoms with Crippen molar-refractivity contribution < 1.29 is 23.5 Å². The van der Waals surface area contributed by atoms with Gasteiger partial charge in [-0.1, -0.05) is 0 Å². The lowest BCUT2D eigenvalue weighted by atomic mass is 9.95. The zero-order chi connectivity index (χ0) is 20.5. The molecule has 2 amide bonds. The first kappa shape index (κ1) is 20.9. The molecule has 0 radical (unpaired) electrons. The van der Waals surface area contributed by atoms with Gasteiger partial charge in [0, 0.05) is 18.5 Å². The van der Waals surface area contributed by atoms with Gasteiger partial charge >= 0.3 is 6.09 Å². The van der Waals surface area contributed by atoms with Gasteiger partial charge in [0.05, 0.1) is 6.04 Å². The van der Waals surface area contributed by atoms with Gasteiger partial charge in [-0.2, -0.15) is 0 Å². The predicted octanol–water partition coefficient (Wildman–Crippen LogP) is 3.14. The van der Waals surface area contributed by atoms with Crippen LogP contribution in [0.4, 0.5) is 9.18 Å². The van der Waals surface area contributed by atoms with Crippen molar-refractivity contribution >= 4 is 17.8 Å². The third kappa shape index (κ3) is 4.84. The number of nitrogens with zero attached hydrogens (tertiary/aromatic N) is 1. The minimum Gasteiger partial charge on any atom is -0.444 e. The van der Waals surface area contributed by atoms with E-state index in [2.05, 4.69) is 5.32 Å². The highest BCUT2D eigenvalue weighted by Crippen LogP contribution is 2.20. The van der Waals surface area contributed by atoms with E-state index in [0.29, 0.717) is 11.1 Å². The molecule has 2 atom stereocenters. The van der Waals surface area contributed by atoms with Crippen LogP contribution in [0.3, 0.4) is 0 Å². The molecule has 7 heteroatoms. The highest BCUT2D eigenvalue weighted by atomic mass is 19.1. The van der Waals surface area contributed by atoms with Gasteiger partial charge < -0.3 is 15.0 Å². The Hall–Kier alpha value is -2.44. The molecular formula is C20H27FN2O4. The lowest BCUT2D eigenvalue weighted by Crippen LogP contribution is -2.60. The van der Waals surface area contributed by atoms with Crippen molar-refractivity contribution in [3.05, 3.63) is 34.6 Å². The van der Waals surface area contributed by atoms with Gasteiger partial charge in [-0.3, -0.25) is 9.59 Å². The van der Waals surface area contributed by atoms with Crippen LogP contribution in [0.1, 0.15) is 55.6 Å². The maximum Gasteiger partial charge on any atom is 0.410 e. The largest absolute Gasteiger partial charge is 0.444 e. The zero-order valence-electron chi connectivity index (χ0n) is 16.7. The number of likely N-dealkylation sites (tertiary alicyclic amines) is 1. The van der Waals surface area contributed by atoms with Gasteiger partial charge in [-0.25, -0.2) is 9.18 Å². The molecule has 1 aromatic carbocycles. The Labute approximate surface area is 159 Å². The molecule has 1 aromatic rings. The van der Waals surface area contributed by atoms with Crippen LogP contribution in [0.5, 0.6) is 0 Å². The van der Waals surface area contributed by atoms with Crippen molar-refractivity contribution in [1.82, 2.24) is 10.2 Å². The summed E-state index contributed by atoms with van der Waals surface area (Å²) >= 11 is 0. The number of Topliss-reactive ketones (excluding diaryl/α,β-unsaturated/α-hetero) is 1. The number of aryl methyl sites for hydroxylation is 2. The molecule has 27 heavy (non-hydrogen) atoms. The van der Waals surface area contributed by atoms with Crippen LogP contribution in [-0.2, 0) is 9.53 Å².